The highest BCUT2D eigenvalue weighted by atomic mass is 14.8. The lowest BCUT2D eigenvalue weighted by atomic mass is 9.98. The molecule has 0 aromatic heterocycles. The van der Waals surface area contributed by atoms with Gasteiger partial charge in [-0.1, -0.05) is 59.3 Å². The molecule has 0 aliphatic rings. The van der Waals surface area contributed by atoms with E-state index in [1.54, 1.807) is 0 Å². The van der Waals surface area contributed by atoms with Crippen LogP contribution in [-0.4, -0.2) is 19.6 Å². The summed E-state index contributed by atoms with van der Waals surface area (Å²) in [7, 11) is 0. The molecule has 0 amide bonds. The number of hydrogen-bond acceptors (Lipinski definition) is 2. The summed E-state index contributed by atoms with van der Waals surface area (Å²) in [6, 6.07) is 0. The van der Waals surface area contributed by atoms with Crippen LogP contribution in [0.2, 0.25) is 0 Å². The zero-order valence-corrected chi connectivity index (χ0v) is 13.0. The molecule has 0 radical (unpaired) electrons. The molecule has 0 spiro atoms. The van der Waals surface area contributed by atoms with Crippen molar-refractivity contribution >= 4 is 0 Å². The van der Waals surface area contributed by atoms with Gasteiger partial charge in [0.05, 0.1) is 0 Å². The Labute approximate surface area is 115 Å². The van der Waals surface area contributed by atoms with E-state index >= 15 is 0 Å². The Morgan fingerprint density at radius 2 is 1.28 bits per heavy atom. The first-order valence-corrected chi connectivity index (χ1v) is 8.09. The van der Waals surface area contributed by atoms with E-state index in [-0.39, 0.29) is 0 Å². The first kappa shape index (κ1) is 17.9. The molecule has 1 unspecified atom stereocenters. The van der Waals surface area contributed by atoms with Gasteiger partial charge in [0.15, 0.2) is 0 Å². The summed E-state index contributed by atoms with van der Waals surface area (Å²) in [6.45, 7) is 10.2. The third-order valence-electron chi connectivity index (χ3n) is 3.91. The molecule has 0 aliphatic heterocycles. The second-order valence-electron chi connectivity index (χ2n) is 6.04. The van der Waals surface area contributed by atoms with E-state index in [2.05, 4.69) is 26.1 Å². The zero-order valence-electron chi connectivity index (χ0n) is 13.0. The minimum atomic E-state index is 0.797. The van der Waals surface area contributed by atoms with Gasteiger partial charge in [0.25, 0.3) is 0 Å². The Morgan fingerprint density at radius 3 is 1.78 bits per heavy atom. The number of rotatable bonds is 13. The quantitative estimate of drug-likeness (QED) is 0.490. The van der Waals surface area contributed by atoms with Crippen LogP contribution < -0.4 is 11.1 Å². The molecule has 18 heavy (non-hydrogen) atoms. The number of hydrogen-bond donors (Lipinski definition) is 2. The summed E-state index contributed by atoms with van der Waals surface area (Å²) in [5, 5.41) is 3.57. The molecule has 0 rings (SSSR count). The van der Waals surface area contributed by atoms with Gasteiger partial charge in [0, 0.05) is 0 Å². The predicted octanol–water partition coefficient (Wildman–Crippen LogP) is 3.95. The van der Waals surface area contributed by atoms with Gasteiger partial charge < -0.3 is 11.1 Å². The smallest absolute Gasteiger partial charge is 0.00207 e. The highest BCUT2D eigenvalue weighted by molar-refractivity contribution is 4.60. The molecule has 1 atom stereocenters. The van der Waals surface area contributed by atoms with Crippen molar-refractivity contribution in [1.29, 1.82) is 0 Å². The van der Waals surface area contributed by atoms with Crippen LogP contribution in [0.5, 0.6) is 0 Å². The fourth-order valence-corrected chi connectivity index (χ4v) is 2.02. The monoisotopic (exact) mass is 256 g/mol. The van der Waals surface area contributed by atoms with Crippen LogP contribution in [0.3, 0.4) is 0 Å². The van der Waals surface area contributed by atoms with E-state index in [0.29, 0.717) is 0 Å². The van der Waals surface area contributed by atoms with Crippen LogP contribution in [0.1, 0.15) is 72.1 Å². The van der Waals surface area contributed by atoms with E-state index < -0.39 is 0 Å². The van der Waals surface area contributed by atoms with Gasteiger partial charge in [-0.05, 0) is 44.3 Å². The van der Waals surface area contributed by atoms with Gasteiger partial charge in [-0.2, -0.15) is 0 Å². The van der Waals surface area contributed by atoms with Crippen LogP contribution in [0.25, 0.3) is 0 Å². The molecule has 0 aliphatic carbocycles. The third-order valence-corrected chi connectivity index (χ3v) is 3.91. The number of nitrogens with two attached hydrogens (primary N) is 1. The topological polar surface area (TPSA) is 38.0 Å². The first-order valence-electron chi connectivity index (χ1n) is 8.09. The summed E-state index contributed by atoms with van der Waals surface area (Å²) < 4.78 is 0. The lowest BCUT2D eigenvalue weighted by Crippen LogP contribution is -2.25. The van der Waals surface area contributed by atoms with E-state index in [1.165, 1.54) is 64.5 Å². The summed E-state index contributed by atoms with van der Waals surface area (Å²) in [6.07, 6.45) is 10.9. The number of nitrogens with one attached hydrogen (secondary N) is 1. The van der Waals surface area contributed by atoms with Crippen LogP contribution in [0, 0.1) is 11.8 Å². The molecular weight excluding hydrogens is 220 g/mol. The second-order valence-corrected chi connectivity index (χ2v) is 6.04. The number of unbranched alkanes of at least 4 members (excludes halogenated alkanes) is 7. The minimum Gasteiger partial charge on any atom is -0.330 e. The maximum absolute atomic E-state index is 5.47. The minimum absolute atomic E-state index is 0.797. The van der Waals surface area contributed by atoms with Crippen molar-refractivity contribution in [3.8, 4) is 0 Å². The van der Waals surface area contributed by atoms with Gasteiger partial charge in [-0.15, -0.1) is 0 Å². The summed E-state index contributed by atoms with van der Waals surface area (Å²) in [4.78, 5) is 0. The molecule has 0 aromatic rings. The van der Waals surface area contributed by atoms with Crippen molar-refractivity contribution in [2.24, 2.45) is 17.6 Å². The molecule has 2 heteroatoms. The fourth-order valence-electron chi connectivity index (χ4n) is 2.02. The predicted molar refractivity (Wildman–Crippen MR) is 82.9 cm³/mol. The van der Waals surface area contributed by atoms with Crippen LogP contribution in [0.15, 0.2) is 0 Å². The molecule has 0 fully saturated rings. The van der Waals surface area contributed by atoms with Crippen molar-refractivity contribution in [3.05, 3.63) is 0 Å². The summed E-state index contributed by atoms with van der Waals surface area (Å²) in [5.41, 5.74) is 5.47. The third kappa shape index (κ3) is 12.4. The van der Waals surface area contributed by atoms with Gasteiger partial charge in [0.2, 0.25) is 0 Å². The molecule has 3 N–H and O–H groups in total. The molecule has 0 heterocycles. The zero-order chi connectivity index (χ0) is 13.6. The Kier molecular flexibility index (Phi) is 13.3. The molecule has 110 valence electrons. The van der Waals surface area contributed by atoms with E-state index in [4.69, 9.17) is 5.73 Å². The Hall–Kier alpha value is -0.0800. The molecule has 0 aromatic carbocycles. The van der Waals surface area contributed by atoms with E-state index in [0.717, 1.165) is 18.4 Å². The largest absolute Gasteiger partial charge is 0.330 e. The first-order chi connectivity index (χ1) is 8.68. The lowest BCUT2D eigenvalue weighted by Gasteiger charge is -2.15. The van der Waals surface area contributed by atoms with Gasteiger partial charge in [-0.3, -0.25) is 0 Å². The Bertz CT molecular complexity index is 157. The molecule has 0 saturated heterocycles. The average molecular weight is 256 g/mol. The van der Waals surface area contributed by atoms with E-state index in [1.807, 2.05) is 0 Å². The van der Waals surface area contributed by atoms with Crippen LogP contribution >= 0.6 is 0 Å². The van der Waals surface area contributed by atoms with Crippen LogP contribution in [0.4, 0.5) is 0 Å². The Balaban J connectivity index is 3.03. The molecule has 2 nitrogen and oxygen atoms in total. The highest BCUT2D eigenvalue weighted by Crippen LogP contribution is 2.09. The van der Waals surface area contributed by atoms with Crippen molar-refractivity contribution in [1.82, 2.24) is 5.32 Å². The molecular formula is C16H36N2. The molecule has 0 saturated carbocycles. The standard InChI is InChI=1S/C16H36N2/c1-15(2)16(3)14-18-13-11-9-7-5-4-6-8-10-12-17/h15-16,18H,4-14,17H2,1-3H3. The Morgan fingerprint density at radius 1 is 0.778 bits per heavy atom. The lowest BCUT2D eigenvalue weighted by molar-refractivity contribution is 0.390. The van der Waals surface area contributed by atoms with Gasteiger partial charge in [0.1, 0.15) is 0 Å². The van der Waals surface area contributed by atoms with Crippen molar-refractivity contribution in [2.45, 2.75) is 72.1 Å². The maximum atomic E-state index is 5.47. The van der Waals surface area contributed by atoms with E-state index in [9.17, 15) is 0 Å². The molecule has 0 bridgehead atoms. The normalized spacial score (nSPS) is 13.2. The van der Waals surface area contributed by atoms with Crippen molar-refractivity contribution in [3.63, 3.8) is 0 Å². The highest BCUT2D eigenvalue weighted by Gasteiger charge is 2.05. The second kappa shape index (κ2) is 13.4. The fraction of sp³-hybridized carbons (Fsp3) is 1.00. The summed E-state index contributed by atoms with van der Waals surface area (Å²) >= 11 is 0. The van der Waals surface area contributed by atoms with Gasteiger partial charge in [-0.25, -0.2) is 0 Å². The summed E-state index contributed by atoms with van der Waals surface area (Å²) in [5.74, 6) is 1.60. The average Bonchev–Trinajstić information content (AvgIpc) is 2.35. The van der Waals surface area contributed by atoms with Crippen molar-refractivity contribution in [2.75, 3.05) is 19.6 Å². The van der Waals surface area contributed by atoms with Gasteiger partial charge >= 0.3 is 0 Å². The van der Waals surface area contributed by atoms with Crippen LogP contribution in [-0.2, 0) is 0 Å². The SMILES string of the molecule is CC(C)C(C)CNCCCCCCCCCCN. The maximum Gasteiger partial charge on any atom is -0.00207 e. The van der Waals surface area contributed by atoms with Crippen molar-refractivity contribution < 1.29 is 0 Å².